The van der Waals surface area contributed by atoms with Crippen LogP contribution in [0, 0.1) is 0 Å². The molecule has 0 bridgehead atoms. The third kappa shape index (κ3) is 6.59. The Bertz CT molecular complexity index is 471. The molecule has 1 aromatic rings. The SMILES string of the molecule is COCCN(CCNC(=NCc1ccccc1)N(C)C)C1CC1. The van der Waals surface area contributed by atoms with Gasteiger partial charge in [-0.2, -0.15) is 0 Å². The lowest BCUT2D eigenvalue weighted by molar-refractivity contribution is 0.144. The van der Waals surface area contributed by atoms with Gasteiger partial charge in [-0.25, -0.2) is 4.99 Å². The van der Waals surface area contributed by atoms with Gasteiger partial charge >= 0.3 is 0 Å². The number of benzene rings is 1. The molecule has 0 atom stereocenters. The standard InChI is InChI=1S/C18H30N4O/c1-21(2)18(20-15-16-7-5-4-6-8-16)19-11-12-22(13-14-23-3)17-9-10-17/h4-8,17H,9-15H2,1-3H3,(H,19,20). The molecule has 0 unspecified atom stereocenters. The Morgan fingerprint density at radius 1 is 1.22 bits per heavy atom. The second kappa shape index (κ2) is 9.53. The van der Waals surface area contributed by atoms with E-state index in [0.29, 0.717) is 6.54 Å². The van der Waals surface area contributed by atoms with E-state index in [1.165, 1.54) is 18.4 Å². The van der Waals surface area contributed by atoms with Crippen LogP contribution < -0.4 is 5.32 Å². The van der Waals surface area contributed by atoms with Gasteiger partial charge in [-0.05, 0) is 18.4 Å². The number of nitrogens with zero attached hydrogens (tertiary/aromatic N) is 3. The Kier molecular flexibility index (Phi) is 7.36. The van der Waals surface area contributed by atoms with Crippen molar-refractivity contribution in [3.63, 3.8) is 0 Å². The third-order valence-corrected chi connectivity index (χ3v) is 4.01. The Balaban J connectivity index is 1.79. The van der Waals surface area contributed by atoms with E-state index in [0.717, 1.165) is 38.2 Å². The van der Waals surface area contributed by atoms with Gasteiger partial charge in [0.1, 0.15) is 0 Å². The van der Waals surface area contributed by atoms with E-state index in [2.05, 4.69) is 34.5 Å². The number of hydrogen-bond acceptors (Lipinski definition) is 3. The predicted octanol–water partition coefficient (Wildman–Crippen LogP) is 1.80. The lowest BCUT2D eigenvalue weighted by Crippen LogP contribution is -2.42. The zero-order valence-electron chi connectivity index (χ0n) is 14.7. The number of aliphatic imine (C=N–C) groups is 1. The van der Waals surface area contributed by atoms with Crippen LogP contribution in [0.15, 0.2) is 35.3 Å². The summed E-state index contributed by atoms with van der Waals surface area (Å²) in [6.45, 7) is 4.47. The fourth-order valence-electron chi connectivity index (χ4n) is 2.54. The predicted molar refractivity (Wildman–Crippen MR) is 95.7 cm³/mol. The molecule has 1 aliphatic rings. The molecule has 5 nitrogen and oxygen atoms in total. The average Bonchev–Trinajstić information content (AvgIpc) is 3.39. The van der Waals surface area contributed by atoms with Crippen molar-refractivity contribution < 1.29 is 4.74 Å². The zero-order valence-corrected chi connectivity index (χ0v) is 14.7. The van der Waals surface area contributed by atoms with Crippen molar-refractivity contribution in [2.75, 3.05) is 47.4 Å². The number of hydrogen-bond donors (Lipinski definition) is 1. The zero-order chi connectivity index (χ0) is 16.5. The molecule has 1 N–H and O–H groups in total. The Morgan fingerprint density at radius 2 is 1.96 bits per heavy atom. The summed E-state index contributed by atoms with van der Waals surface area (Å²) in [5, 5.41) is 3.47. The van der Waals surface area contributed by atoms with Crippen molar-refractivity contribution in [3.8, 4) is 0 Å². The highest BCUT2D eigenvalue weighted by atomic mass is 16.5. The van der Waals surface area contributed by atoms with Crippen LogP contribution in [0.1, 0.15) is 18.4 Å². The lowest BCUT2D eigenvalue weighted by atomic mass is 10.2. The van der Waals surface area contributed by atoms with E-state index in [1.807, 2.05) is 25.1 Å². The maximum Gasteiger partial charge on any atom is 0.193 e. The Morgan fingerprint density at radius 3 is 2.57 bits per heavy atom. The molecule has 0 heterocycles. The van der Waals surface area contributed by atoms with Gasteiger partial charge in [0.05, 0.1) is 13.2 Å². The summed E-state index contributed by atoms with van der Waals surface area (Å²) in [7, 11) is 5.82. The second-order valence-electron chi connectivity index (χ2n) is 6.21. The van der Waals surface area contributed by atoms with Crippen LogP contribution in [-0.2, 0) is 11.3 Å². The molecule has 1 aromatic carbocycles. The molecule has 1 saturated carbocycles. The normalized spacial score (nSPS) is 15.0. The quantitative estimate of drug-likeness (QED) is 0.557. The van der Waals surface area contributed by atoms with Gasteiger partial charge in [0.25, 0.3) is 0 Å². The maximum atomic E-state index is 5.21. The summed E-state index contributed by atoms with van der Waals surface area (Å²) in [5.74, 6) is 0.941. The minimum absolute atomic E-state index is 0.706. The molecule has 23 heavy (non-hydrogen) atoms. The molecular formula is C18H30N4O. The van der Waals surface area contributed by atoms with E-state index >= 15 is 0 Å². The van der Waals surface area contributed by atoms with Crippen molar-refractivity contribution in [1.82, 2.24) is 15.1 Å². The molecule has 1 aliphatic carbocycles. The number of rotatable bonds is 9. The molecule has 0 aliphatic heterocycles. The topological polar surface area (TPSA) is 40.1 Å². The van der Waals surface area contributed by atoms with E-state index in [-0.39, 0.29) is 0 Å². The molecular weight excluding hydrogens is 288 g/mol. The van der Waals surface area contributed by atoms with Gasteiger partial charge in [0.15, 0.2) is 5.96 Å². The largest absolute Gasteiger partial charge is 0.383 e. The lowest BCUT2D eigenvalue weighted by Gasteiger charge is -2.23. The van der Waals surface area contributed by atoms with Gasteiger partial charge < -0.3 is 15.0 Å². The first-order valence-electron chi connectivity index (χ1n) is 8.43. The van der Waals surface area contributed by atoms with Crippen LogP contribution in [-0.4, -0.2) is 69.2 Å². The highest BCUT2D eigenvalue weighted by Crippen LogP contribution is 2.25. The van der Waals surface area contributed by atoms with Crippen LogP contribution in [0.3, 0.4) is 0 Å². The molecule has 0 radical (unpaired) electrons. The Hall–Kier alpha value is -1.59. The molecule has 0 saturated heterocycles. The summed E-state index contributed by atoms with van der Waals surface area (Å²) in [6, 6.07) is 11.1. The summed E-state index contributed by atoms with van der Waals surface area (Å²) in [4.78, 5) is 9.26. The van der Waals surface area contributed by atoms with E-state index < -0.39 is 0 Å². The number of ether oxygens (including phenoxy) is 1. The highest BCUT2D eigenvalue weighted by Gasteiger charge is 2.28. The van der Waals surface area contributed by atoms with Crippen molar-refractivity contribution in [3.05, 3.63) is 35.9 Å². The average molecular weight is 318 g/mol. The molecule has 128 valence electrons. The summed E-state index contributed by atoms with van der Waals surface area (Å²) < 4.78 is 5.21. The fourth-order valence-corrected chi connectivity index (χ4v) is 2.54. The third-order valence-electron chi connectivity index (χ3n) is 4.01. The van der Waals surface area contributed by atoms with Crippen LogP contribution >= 0.6 is 0 Å². The van der Waals surface area contributed by atoms with Crippen LogP contribution in [0.5, 0.6) is 0 Å². The molecule has 0 aromatic heterocycles. The van der Waals surface area contributed by atoms with Gasteiger partial charge in [-0.1, -0.05) is 30.3 Å². The van der Waals surface area contributed by atoms with Crippen LogP contribution in [0.2, 0.25) is 0 Å². The highest BCUT2D eigenvalue weighted by molar-refractivity contribution is 5.79. The first kappa shape index (κ1) is 17.8. The monoisotopic (exact) mass is 318 g/mol. The summed E-state index contributed by atoms with van der Waals surface area (Å²) in [6.07, 6.45) is 2.65. The number of nitrogens with one attached hydrogen (secondary N) is 1. The second-order valence-corrected chi connectivity index (χ2v) is 6.21. The van der Waals surface area contributed by atoms with Crippen molar-refractivity contribution in [1.29, 1.82) is 0 Å². The van der Waals surface area contributed by atoms with Crippen molar-refractivity contribution >= 4 is 5.96 Å². The molecule has 0 amide bonds. The van der Waals surface area contributed by atoms with E-state index in [1.54, 1.807) is 7.11 Å². The van der Waals surface area contributed by atoms with Crippen LogP contribution in [0.4, 0.5) is 0 Å². The molecule has 0 spiro atoms. The number of methoxy groups -OCH3 is 1. The van der Waals surface area contributed by atoms with Crippen molar-refractivity contribution in [2.45, 2.75) is 25.4 Å². The fraction of sp³-hybridized carbons (Fsp3) is 0.611. The minimum Gasteiger partial charge on any atom is -0.383 e. The van der Waals surface area contributed by atoms with Gasteiger partial charge in [-0.3, -0.25) is 4.90 Å². The van der Waals surface area contributed by atoms with Gasteiger partial charge in [-0.15, -0.1) is 0 Å². The summed E-state index contributed by atoms with van der Waals surface area (Å²) >= 11 is 0. The van der Waals surface area contributed by atoms with Crippen LogP contribution in [0.25, 0.3) is 0 Å². The minimum atomic E-state index is 0.706. The van der Waals surface area contributed by atoms with Gasteiger partial charge in [0, 0.05) is 46.9 Å². The molecule has 2 rings (SSSR count). The van der Waals surface area contributed by atoms with Gasteiger partial charge in [0.2, 0.25) is 0 Å². The smallest absolute Gasteiger partial charge is 0.193 e. The van der Waals surface area contributed by atoms with Crippen molar-refractivity contribution in [2.24, 2.45) is 4.99 Å². The van der Waals surface area contributed by atoms with E-state index in [9.17, 15) is 0 Å². The molecule has 1 fully saturated rings. The maximum absolute atomic E-state index is 5.21. The molecule has 5 heteroatoms. The first-order chi connectivity index (χ1) is 11.2. The summed E-state index contributed by atoms with van der Waals surface area (Å²) in [5.41, 5.74) is 1.23. The van der Waals surface area contributed by atoms with E-state index in [4.69, 9.17) is 9.73 Å². The Labute approximate surface area is 140 Å². The number of guanidine groups is 1. The first-order valence-corrected chi connectivity index (χ1v) is 8.43.